The van der Waals surface area contributed by atoms with Crippen LogP contribution in [0.25, 0.3) is 11.3 Å². The van der Waals surface area contributed by atoms with E-state index >= 15 is 0 Å². The Morgan fingerprint density at radius 2 is 2.20 bits per heavy atom. The molecule has 1 amide bonds. The van der Waals surface area contributed by atoms with Gasteiger partial charge in [0.25, 0.3) is 5.56 Å². The highest BCUT2D eigenvalue weighted by Gasteiger charge is 2.37. The molecule has 2 aromatic heterocycles. The Kier molecular flexibility index (Phi) is 5.85. The maximum Gasteiger partial charge on any atom is 0.271 e. The van der Waals surface area contributed by atoms with Crippen molar-refractivity contribution < 1.29 is 4.79 Å². The molecule has 8 heteroatoms. The van der Waals surface area contributed by atoms with Crippen molar-refractivity contribution in [1.29, 1.82) is 0 Å². The minimum absolute atomic E-state index is 0.0289. The number of pyridine rings is 2. The summed E-state index contributed by atoms with van der Waals surface area (Å²) in [6, 6.07) is 5.90. The molecule has 4 N–H and O–H groups in total. The maximum absolute atomic E-state index is 12.7. The third kappa shape index (κ3) is 4.38. The first-order valence-electron chi connectivity index (χ1n) is 10.4. The lowest BCUT2D eigenvalue weighted by Gasteiger charge is -2.46. The van der Waals surface area contributed by atoms with E-state index in [4.69, 9.17) is 5.73 Å². The van der Waals surface area contributed by atoms with E-state index < -0.39 is 0 Å². The number of nitrogens with two attached hydrogens (primary N) is 1. The Bertz CT molecular complexity index is 991. The number of hydrogen-bond acceptors (Lipinski definition) is 6. The third-order valence-corrected chi connectivity index (χ3v) is 5.70. The first-order chi connectivity index (χ1) is 14.6. The van der Waals surface area contributed by atoms with Gasteiger partial charge in [0, 0.05) is 62.9 Å². The average molecular weight is 409 g/mol. The molecule has 0 bridgehead atoms. The molecule has 1 saturated carbocycles. The van der Waals surface area contributed by atoms with Gasteiger partial charge in [-0.25, -0.2) is 0 Å². The maximum atomic E-state index is 12.7. The van der Waals surface area contributed by atoms with E-state index in [9.17, 15) is 9.59 Å². The molecule has 1 saturated heterocycles. The lowest BCUT2D eigenvalue weighted by molar-refractivity contribution is -0.130. The molecule has 8 nitrogen and oxygen atoms in total. The zero-order valence-electron chi connectivity index (χ0n) is 17.2. The number of amides is 1. The van der Waals surface area contributed by atoms with Gasteiger partial charge in [-0.2, -0.15) is 0 Å². The van der Waals surface area contributed by atoms with Crippen LogP contribution in [0.15, 0.2) is 47.5 Å². The lowest BCUT2D eigenvalue weighted by Crippen LogP contribution is -2.62. The minimum Gasteiger partial charge on any atom is -0.388 e. The number of nitrogens with one attached hydrogen (secondary N) is 2. The van der Waals surface area contributed by atoms with Gasteiger partial charge in [0.05, 0.1) is 11.7 Å². The third-order valence-electron chi connectivity index (χ3n) is 5.70. The van der Waals surface area contributed by atoms with Crippen molar-refractivity contribution >= 4 is 17.3 Å². The van der Waals surface area contributed by atoms with Gasteiger partial charge in [-0.1, -0.05) is 6.08 Å². The van der Waals surface area contributed by atoms with Crippen LogP contribution < -0.4 is 21.5 Å². The monoisotopic (exact) mass is 408 g/mol. The van der Waals surface area contributed by atoms with E-state index in [1.54, 1.807) is 23.4 Å². The van der Waals surface area contributed by atoms with Crippen molar-refractivity contribution in [3.8, 4) is 11.3 Å². The molecule has 0 spiro atoms. The van der Waals surface area contributed by atoms with Crippen LogP contribution in [0.1, 0.15) is 12.8 Å². The van der Waals surface area contributed by atoms with Gasteiger partial charge in [0.2, 0.25) is 5.91 Å². The summed E-state index contributed by atoms with van der Waals surface area (Å²) in [5, 5.41) is 3.11. The molecule has 2 aromatic rings. The van der Waals surface area contributed by atoms with Crippen molar-refractivity contribution in [3.05, 3.63) is 53.1 Å². The second kappa shape index (κ2) is 8.71. The topological polar surface area (TPSA) is 107 Å². The van der Waals surface area contributed by atoms with Crippen molar-refractivity contribution in [2.45, 2.75) is 18.9 Å². The lowest BCUT2D eigenvalue weighted by atomic mass is 10.0. The van der Waals surface area contributed by atoms with Gasteiger partial charge >= 0.3 is 0 Å². The van der Waals surface area contributed by atoms with Crippen molar-refractivity contribution in [3.63, 3.8) is 0 Å². The summed E-state index contributed by atoms with van der Waals surface area (Å²) in [5.41, 5.74) is 8.58. The number of carbonyl (C=O) groups excluding carboxylic acids is 1. The molecule has 3 heterocycles. The van der Waals surface area contributed by atoms with Gasteiger partial charge in [-0.05, 0) is 37.0 Å². The van der Waals surface area contributed by atoms with Crippen LogP contribution in [0.2, 0.25) is 0 Å². The van der Waals surface area contributed by atoms with Crippen LogP contribution in [0.4, 0.5) is 11.4 Å². The Balaban J connectivity index is 1.58. The molecule has 2 fully saturated rings. The van der Waals surface area contributed by atoms with Crippen molar-refractivity contribution in [2.75, 3.05) is 43.4 Å². The smallest absolute Gasteiger partial charge is 0.271 e. The van der Waals surface area contributed by atoms with E-state index in [0.29, 0.717) is 31.2 Å². The van der Waals surface area contributed by atoms with Gasteiger partial charge in [0.15, 0.2) is 0 Å². The van der Waals surface area contributed by atoms with E-state index in [0.717, 1.165) is 23.5 Å². The molecule has 4 rings (SSSR count). The molecular formula is C22H28N6O2. The number of H-pyrrole nitrogens is 1. The van der Waals surface area contributed by atoms with Gasteiger partial charge in [-0.15, -0.1) is 0 Å². The summed E-state index contributed by atoms with van der Waals surface area (Å²) in [7, 11) is 1.86. The van der Waals surface area contributed by atoms with E-state index in [1.807, 2.05) is 25.2 Å². The fourth-order valence-corrected chi connectivity index (χ4v) is 3.71. The molecule has 0 unspecified atom stereocenters. The van der Waals surface area contributed by atoms with Gasteiger partial charge in [0.1, 0.15) is 5.69 Å². The summed E-state index contributed by atoms with van der Waals surface area (Å²) < 4.78 is 0. The van der Waals surface area contributed by atoms with Crippen molar-refractivity contribution in [1.82, 2.24) is 14.9 Å². The quantitative estimate of drug-likeness (QED) is 0.570. The van der Waals surface area contributed by atoms with Crippen LogP contribution in [-0.2, 0) is 4.79 Å². The normalized spacial score (nSPS) is 16.5. The standard InChI is InChI=1S/C22H28N6O2/c1-24-17-6-8-25-19(10-17)16-9-20(22(30)26-11-16)28(12-15-4-5-15)18-13-27(14-18)21(29)3-2-7-23/h2-3,6,8-11,15,18H,4-5,7,12-14,23H2,1H3,(H,24,25)(H,26,30). The number of likely N-dealkylation sites (tertiary alicyclic amines) is 1. The average Bonchev–Trinajstić information content (AvgIpc) is 3.55. The van der Waals surface area contributed by atoms with Crippen LogP contribution in [-0.4, -0.2) is 60.0 Å². The molecule has 2 aliphatic rings. The largest absolute Gasteiger partial charge is 0.388 e. The Morgan fingerprint density at radius 3 is 2.90 bits per heavy atom. The Hall–Kier alpha value is -3.13. The zero-order valence-corrected chi connectivity index (χ0v) is 17.2. The predicted molar refractivity (Wildman–Crippen MR) is 118 cm³/mol. The van der Waals surface area contributed by atoms with Gasteiger partial charge in [-0.3, -0.25) is 14.6 Å². The van der Waals surface area contributed by atoms with Gasteiger partial charge < -0.3 is 25.8 Å². The van der Waals surface area contributed by atoms with Crippen LogP contribution in [0, 0.1) is 5.92 Å². The number of hydrogen-bond donors (Lipinski definition) is 3. The Morgan fingerprint density at radius 1 is 1.40 bits per heavy atom. The summed E-state index contributed by atoms with van der Waals surface area (Å²) >= 11 is 0. The fraction of sp³-hybridized carbons (Fsp3) is 0.409. The van der Waals surface area contributed by atoms with E-state index in [1.165, 1.54) is 18.9 Å². The predicted octanol–water partition coefficient (Wildman–Crippen LogP) is 1.42. The molecule has 30 heavy (non-hydrogen) atoms. The highest BCUT2D eigenvalue weighted by Crippen LogP contribution is 2.34. The molecule has 1 aliphatic heterocycles. The van der Waals surface area contributed by atoms with Crippen LogP contribution in [0.3, 0.4) is 0 Å². The molecule has 0 aromatic carbocycles. The molecule has 158 valence electrons. The minimum atomic E-state index is -0.114. The van der Waals surface area contributed by atoms with Crippen LogP contribution >= 0.6 is 0 Å². The summed E-state index contributed by atoms with van der Waals surface area (Å²) in [6.07, 6.45) is 9.02. The second-order valence-corrected chi connectivity index (χ2v) is 7.91. The number of rotatable bonds is 8. The first kappa shape index (κ1) is 20.2. The number of aromatic nitrogens is 2. The number of anilines is 2. The highest BCUT2D eigenvalue weighted by atomic mass is 16.2. The summed E-state index contributed by atoms with van der Waals surface area (Å²) in [6.45, 7) is 2.40. The molecule has 0 radical (unpaired) electrons. The number of aromatic amines is 1. The SMILES string of the molecule is CNc1ccnc(-c2c[nH]c(=O)c(N(CC3CC3)C3CN(C(=O)C=CCN)C3)c2)c1. The molecular weight excluding hydrogens is 380 g/mol. The number of carbonyl (C=O) groups is 1. The molecule has 1 aliphatic carbocycles. The second-order valence-electron chi connectivity index (χ2n) is 7.91. The first-order valence-corrected chi connectivity index (χ1v) is 10.4. The van der Waals surface area contributed by atoms with E-state index in [-0.39, 0.29) is 17.5 Å². The summed E-state index contributed by atoms with van der Waals surface area (Å²) in [4.78, 5) is 36.2. The highest BCUT2D eigenvalue weighted by molar-refractivity contribution is 5.88. The van der Waals surface area contributed by atoms with E-state index in [2.05, 4.69) is 20.2 Å². The summed E-state index contributed by atoms with van der Waals surface area (Å²) in [5.74, 6) is 0.583. The fourth-order valence-electron chi connectivity index (χ4n) is 3.71. The zero-order chi connectivity index (χ0) is 21.1. The van der Waals surface area contributed by atoms with Crippen LogP contribution in [0.5, 0.6) is 0 Å². The number of nitrogens with zero attached hydrogens (tertiary/aromatic N) is 3. The Labute approximate surface area is 175 Å². The van der Waals surface area contributed by atoms with Crippen molar-refractivity contribution in [2.24, 2.45) is 11.7 Å². The molecule has 0 atom stereocenters.